The lowest BCUT2D eigenvalue weighted by molar-refractivity contribution is -0.137. The Labute approximate surface area is 127 Å². The molecule has 0 atom stereocenters. The van der Waals surface area contributed by atoms with Crippen molar-refractivity contribution in [3.63, 3.8) is 0 Å². The molecule has 0 aliphatic rings. The average molecular weight is 313 g/mol. The fourth-order valence-electron chi connectivity index (χ4n) is 1.51. The third-order valence-electron chi connectivity index (χ3n) is 2.73. The van der Waals surface area contributed by atoms with E-state index in [0.717, 1.165) is 12.8 Å². The van der Waals surface area contributed by atoms with E-state index in [2.05, 4.69) is 10.3 Å². The summed E-state index contributed by atoms with van der Waals surface area (Å²) in [5.41, 5.74) is 0.207. The van der Waals surface area contributed by atoms with Crippen molar-refractivity contribution in [1.29, 1.82) is 0 Å². The van der Waals surface area contributed by atoms with E-state index in [1.165, 1.54) is 23.3 Å². The quantitative estimate of drug-likeness (QED) is 0.762. The van der Waals surface area contributed by atoms with Crippen LogP contribution in [0.15, 0.2) is 5.38 Å². The van der Waals surface area contributed by atoms with Crippen LogP contribution in [0.5, 0.6) is 0 Å². The van der Waals surface area contributed by atoms with Crippen LogP contribution in [0, 0.1) is 0 Å². The summed E-state index contributed by atoms with van der Waals surface area (Å²) in [4.78, 5) is 39.4. The molecule has 0 aromatic carbocycles. The van der Waals surface area contributed by atoms with E-state index in [0.29, 0.717) is 11.6 Å². The van der Waals surface area contributed by atoms with Crippen molar-refractivity contribution >= 4 is 34.3 Å². The summed E-state index contributed by atoms with van der Waals surface area (Å²) in [6.45, 7) is 2.12. The zero-order valence-corrected chi connectivity index (χ0v) is 12.9. The normalized spacial score (nSPS) is 10.2. The van der Waals surface area contributed by atoms with Crippen molar-refractivity contribution < 1.29 is 19.5 Å². The maximum Gasteiger partial charge on any atom is 0.305 e. The van der Waals surface area contributed by atoms with E-state index >= 15 is 0 Å². The molecule has 0 aliphatic heterocycles. The highest BCUT2D eigenvalue weighted by atomic mass is 32.1. The number of unbranched alkanes of at least 4 members (excludes halogenated alkanes) is 1. The minimum absolute atomic E-state index is 0.115. The van der Waals surface area contributed by atoms with Gasteiger partial charge in [0.1, 0.15) is 5.69 Å². The number of amides is 2. The summed E-state index contributed by atoms with van der Waals surface area (Å²) in [7, 11) is 1.52. The molecule has 1 heterocycles. The predicted octanol–water partition coefficient (Wildman–Crippen LogP) is 1.82. The number of carbonyl (C=O) groups excluding carboxylic acids is 2. The summed E-state index contributed by atoms with van der Waals surface area (Å²) in [5.74, 6) is -1.44. The van der Waals surface area contributed by atoms with Crippen molar-refractivity contribution in [2.45, 2.75) is 32.6 Å². The molecule has 0 saturated carbocycles. The second-order valence-corrected chi connectivity index (χ2v) is 5.42. The maximum atomic E-state index is 12.0. The number of carbonyl (C=O) groups is 3. The third-order valence-corrected chi connectivity index (χ3v) is 3.49. The van der Waals surface area contributed by atoms with Crippen LogP contribution in [0.4, 0.5) is 5.13 Å². The Balaban J connectivity index is 2.55. The van der Waals surface area contributed by atoms with E-state index < -0.39 is 5.97 Å². The molecular weight excluding hydrogens is 294 g/mol. The number of thiazole rings is 1. The molecule has 0 saturated heterocycles. The molecule has 0 radical (unpaired) electrons. The summed E-state index contributed by atoms with van der Waals surface area (Å²) >= 11 is 1.17. The number of hydrogen-bond acceptors (Lipinski definition) is 5. The molecule has 7 nitrogen and oxygen atoms in total. The van der Waals surface area contributed by atoms with Gasteiger partial charge in [0.15, 0.2) is 5.13 Å². The van der Waals surface area contributed by atoms with Crippen molar-refractivity contribution in [3.8, 4) is 0 Å². The Morgan fingerprint density at radius 1 is 1.38 bits per heavy atom. The van der Waals surface area contributed by atoms with Gasteiger partial charge in [-0.25, -0.2) is 4.98 Å². The van der Waals surface area contributed by atoms with Gasteiger partial charge in [-0.1, -0.05) is 13.3 Å². The first-order valence-electron chi connectivity index (χ1n) is 6.66. The number of rotatable bonds is 8. The van der Waals surface area contributed by atoms with Gasteiger partial charge >= 0.3 is 5.97 Å². The van der Waals surface area contributed by atoms with Gasteiger partial charge in [0.2, 0.25) is 5.91 Å². The topological polar surface area (TPSA) is 99.6 Å². The number of aromatic nitrogens is 1. The zero-order chi connectivity index (χ0) is 15.8. The highest BCUT2D eigenvalue weighted by Gasteiger charge is 2.16. The minimum atomic E-state index is -0.961. The summed E-state index contributed by atoms with van der Waals surface area (Å²) < 4.78 is 0. The molecule has 0 fully saturated rings. The molecule has 0 unspecified atom stereocenters. The standard InChI is InChI=1S/C13H19N3O4S/c1-3-4-5-10(17)15-13-14-9(8-21-13)12(20)16(2)7-6-11(18)19/h8H,3-7H2,1-2H3,(H,18,19)(H,14,15,17). The van der Waals surface area contributed by atoms with Gasteiger partial charge in [0.05, 0.1) is 6.42 Å². The predicted molar refractivity (Wildman–Crippen MR) is 79.5 cm³/mol. The lowest BCUT2D eigenvalue weighted by atomic mass is 10.2. The molecule has 21 heavy (non-hydrogen) atoms. The Morgan fingerprint density at radius 3 is 2.71 bits per heavy atom. The number of nitrogens with zero attached hydrogens (tertiary/aromatic N) is 2. The fraction of sp³-hybridized carbons (Fsp3) is 0.538. The zero-order valence-electron chi connectivity index (χ0n) is 12.1. The molecule has 2 amide bonds. The van der Waals surface area contributed by atoms with Gasteiger partial charge in [-0.2, -0.15) is 0 Å². The first-order valence-corrected chi connectivity index (χ1v) is 7.54. The van der Waals surface area contributed by atoms with Crippen molar-refractivity contribution in [2.75, 3.05) is 18.9 Å². The summed E-state index contributed by atoms with van der Waals surface area (Å²) in [6, 6.07) is 0. The average Bonchev–Trinajstić information content (AvgIpc) is 2.89. The van der Waals surface area contributed by atoms with E-state index in [1.807, 2.05) is 6.92 Å². The van der Waals surface area contributed by atoms with Gasteiger partial charge in [-0.05, 0) is 6.42 Å². The molecular formula is C13H19N3O4S. The van der Waals surface area contributed by atoms with E-state index in [-0.39, 0.29) is 30.5 Å². The summed E-state index contributed by atoms with van der Waals surface area (Å²) in [6.07, 6.45) is 2.05. The van der Waals surface area contributed by atoms with Crippen LogP contribution in [0.3, 0.4) is 0 Å². The van der Waals surface area contributed by atoms with Crippen LogP contribution in [-0.4, -0.2) is 46.4 Å². The smallest absolute Gasteiger partial charge is 0.305 e. The fourth-order valence-corrected chi connectivity index (χ4v) is 2.21. The van der Waals surface area contributed by atoms with Gasteiger partial charge in [0, 0.05) is 25.4 Å². The van der Waals surface area contributed by atoms with E-state index in [9.17, 15) is 14.4 Å². The Hall–Kier alpha value is -1.96. The van der Waals surface area contributed by atoms with Gasteiger partial charge < -0.3 is 15.3 Å². The van der Waals surface area contributed by atoms with Crippen molar-refractivity contribution in [2.24, 2.45) is 0 Å². The second-order valence-electron chi connectivity index (χ2n) is 4.56. The van der Waals surface area contributed by atoms with E-state index in [4.69, 9.17) is 5.11 Å². The SMILES string of the molecule is CCCCC(=O)Nc1nc(C(=O)N(C)CCC(=O)O)cs1. The number of anilines is 1. The molecule has 1 aromatic heterocycles. The number of carboxylic acid groups (broad SMARTS) is 1. The number of nitrogens with one attached hydrogen (secondary N) is 1. The molecule has 8 heteroatoms. The number of hydrogen-bond donors (Lipinski definition) is 2. The Morgan fingerprint density at radius 2 is 2.10 bits per heavy atom. The van der Waals surface area contributed by atoms with Crippen LogP contribution in [0.25, 0.3) is 0 Å². The van der Waals surface area contributed by atoms with Crippen LogP contribution in [-0.2, 0) is 9.59 Å². The Kier molecular flexibility index (Phi) is 6.80. The first kappa shape index (κ1) is 17.1. The lowest BCUT2D eigenvalue weighted by Crippen LogP contribution is -2.29. The highest BCUT2D eigenvalue weighted by Crippen LogP contribution is 2.17. The number of aliphatic carboxylic acids is 1. The highest BCUT2D eigenvalue weighted by molar-refractivity contribution is 7.14. The van der Waals surface area contributed by atoms with Crippen LogP contribution in [0.1, 0.15) is 43.1 Å². The molecule has 0 spiro atoms. The van der Waals surface area contributed by atoms with Gasteiger partial charge in [-0.15, -0.1) is 11.3 Å². The van der Waals surface area contributed by atoms with Gasteiger partial charge in [0.25, 0.3) is 5.91 Å². The molecule has 2 N–H and O–H groups in total. The van der Waals surface area contributed by atoms with Gasteiger partial charge in [-0.3, -0.25) is 14.4 Å². The van der Waals surface area contributed by atoms with Crippen molar-refractivity contribution in [3.05, 3.63) is 11.1 Å². The van der Waals surface area contributed by atoms with Crippen LogP contribution in [0.2, 0.25) is 0 Å². The molecule has 0 aliphatic carbocycles. The number of carboxylic acids is 1. The molecule has 0 bridgehead atoms. The van der Waals surface area contributed by atoms with Crippen LogP contribution < -0.4 is 5.32 Å². The maximum absolute atomic E-state index is 12.0. The molecule has 1 rings (SSSR count). The molecule has 1 aromatic rings. The lowest BCUT2D eigenvalue weighted by Gasteiger charge is -2.14. The van der Waals surface area contributed by atoms with E-state index in [1.54, 1.807) is 5.38 Å². The summed E-state index contributed by atoms with van der Waals surface area (Å²) in [5, 5.41) is 13.2. The largest absolute Gasteiger partial charge is 0.481 e. The monoisotopic (exact) mass is 313 g/mol. The second kappa shape index (κ2) is 8.35. The Bertz CT molecular complexity index is 515. The third kappa shape index (κ3) is 5.90. The van der Waals surface area contributed by atoms with Crippen LogP contribution >= 0.6 is 11.3 Å². The molecule has 116 valence electrons. The minimum Gasteiger partial charge on any atom is -0.481 e. The van der Waals surface area contributed by atoms with Crippen molar-refractivity contribution in [1.82, 2.24) is 9.88 Å². The first-order chi connectivity index (χ1) is 9.93.